The van der Waals surface area contributed by atoms with Gasteiger partial charge in [-0.2, -0.15) is 0 Å². The summed E-state index contributed by atoms with van der Waals surface area (Å²) >= 11 is 6.69. The SMILES string of the molecule is O=C(c1cccc(OC2CC2)c1)c1ncc(Br)cc1Br. The average molecular weight is 397 g/mol. The van der Waals surface area contributed by atoms with Crippen LogP contribution in [-0.4, -0.2) is 16.9 Å². The van der Waals surface area contributed by atoms with Crippen molar-refractivity contribution in [2.24, 2.45) is 0 Å². The van der Waals surface area contributed by atoms with Crippen molar-refractivity contribution in [1.29, 1.82) is 0 Å². The lowest BCUT2D eigenvalue weighted by molar-refractivity contribution is 0.103. The van der Waals surface area contributed by atoms with Crippen LogP contribution in [0.1, 0.15) is 28.9 Å². The highest BCUT2D eigenvalue weighted by molar-refractivity contribution is 9.11. The highest BCUT2D eigenvalue weighted by atomic mass is 79.9. The Bertz CT molecular complexity index is 669. The van der Waals surface area contributed by atoms with E-state index in [9.17, 15) is 4.79 Å². The minimum atomic E-state index is -0.120. The van der Waals surface area contributed by atoms with Crippen molar-refractivity contribution in [3.8, 4) is 5.75 Å². The second kappa shape index (κ2) is 5.66. The first-order chi connectivity index (χ1) is 9.63. The largest absolute Gasteiger partial charge is 0.490 e. The predicted molar refractivity (Wildman–Crippen MR) is 83.2 cm³/mol. The predicted octanol–water partition coefficient (Wildman–Crippen LogP) is 4.38. The standard InChI is InChI=1S/C15H11Br2NO2/c16-10-7-13(17)14(18-8-10)15(19)9-2-1-3-12(6-9)20-11-4-5-11/h1-3,6-8,11H,4-5H2. The Kier molecular flexibility index (Phi) is 3.89. The number of halogens is 2. The van der Waals surface area contributed by atoms with Gasteiger partial charge in [0.05, 0.1) is 6.10 Å². The summed E-state index contributed by atoms with van der Waals surface area (Å²) in [5, 5.41) is 0. The van der Waals surface area contributed by atoms with Crippen molar-refractivity contribution >= 4 is 37.6 Å². The molecule has 1 aliphatic carbocycles. The second-order valence-corrected chi connectivity index (χ2v) is 6.43. The van der Waals surface area contributed by atoms with Gasteiger partial charge in [0.2, 0.25) is 5.78 Å². The first-order valence-electron chi connectivity index (χ1n) is 6.26. The Labute approximate surface area is 133 Å². The molecular formula is C15H11Br2NO2. The molecule has 1 saturated carbocycles. The quantitative estimate of drug-likeness (QED) is 0.720. The Balaban J connectivity index is 1.89. The molecule has 1 fully saturated rings. The first-order valence-corrected chi connectivity index (χ1v) is 7.84. The number of carbonyl (C=O) groups is 1. The number of ketones is 1. The number of hydrogen-bond acceptors (Lipinski definition) is 3. The van der Waals surface area contributed by atoms with Crippen molar-refractivity contribution in [3.63, 3.8) is 0 Å². The van der Waals surface area contributed by atoms with Crippen LogP contribution >= 0.6 is 31.9 Å². The van der Waals surface area contributed by atoms with Crippen LogP contribution < -0.4 is 4.74 Å². The number of ether oxygens (including phenoxy) is 1. The Morgan fingerprint density at radius 3 is 2.75 bits per heavy atom. The van der Waals surface area contributed by atoms with Gasteiger partial charge >= 0.3 is 0 Å². The highest BCUT2D eigenvalue weighted by Crippen LogP contribution is 2.28. The number of carbonyl (C=O) groups excluding carboxylic acids is 1. The molecule has 3 nitrogen and oxygen atoms in total. The molecular weight excluding hydrogens is 386 g/mol. The summed E-state index contributed by atoms with van der Waals surface area (Å²) in [6, 6.07) is 9.07. The van der Waals surface area contributed by atoms with Gasteiger partial charge in [-0.3, -0.25) is 9.78 Å². The summed E-state index contributed by atoms with van der Waals surface area (Å²) in [7, 11) is 0. The fourth-order valence-corrected chi connectivity index (χ4v) is 2.97. The lowest BCUT2D eigenvalue weighted by Crippen LogP contribution is -2.06. The van der Waals surface area contributed by atoms with Crippen LogP contribution in [0.15, 0.2) is 45.5 Å². The van der Waals surface area contributed by atoms with E-state index >= 15 is 0 Å². The molecule has 1 aromatic heterocycles. The van der Waals surface area contributed by atoms with Crippen molar-refractivity contribution in [2.75, 3.05) is 0 Å². The van der Waals surface area contributed by atoms with E-state index in [0.717, 1.165) is 23.1 Å². The molecule has 2 aromatic rings. The number of benzene rings is 1. The highest BCUT2D eigenvalue weighted by Gasteiger charge is 2.24. The molecule has 102 valence electrons. The second-order valence-electron chi connectivity index (χ2n) is 4.66. The molecule has 0 spiro atoms. The van der Waals surface area contributed by atoms with Gasteiger partial charge in [0.25, 0.3) is 0 Å². The van der Waals surface area contributed by atoms with Crippen molar-refractivity contribution in [3.05, 3.63) is 56.7 Å². The minimum absolute atomic E-state index is 0.120. The van der Waals surface area contributed by atoms with E-state index in [2.05, 4.69) is 36.8 Å². The van der Waals surface area contributed by atoms with E-state index in [-0.39, 0.29) is 5.78 Å². The molecule has 20 heavy (non-hydrogen) atoms. The van der Waals surface area contributed by atoms with Crippen LogP contribution in [0.3, 0.4) is 0 Å². The van der Waals surface area contributed by atoms with Gasteiger partial charge in [0.15, 0.2) is 0 Å². The molecule has 0 saturated heterocycles. The molecule has 0 N–H and O–H groups in total. The van der Waals surface area contributed by atoms with Crippen molar-refractivity contribution < 1.29 is 9.53 Å². The summed E-state index contributed by atoms with van der Waals surface area (Å²) in [5.74, 6) is 0.622. The topological polar surface area (TPSA) is 39.2 Å². The summed E-state index contributed by atoms with van der Waals surface area (Å²) in [6.07, 6.45) is 4.12. The van der Waals surface area contributed by atoms with Crippen LogP contribution in [0.2, 0.25) is 0 Å². The maximum absolute atomic E-state index is 12.5. The molecule has 0 atom stereocenters. The molecule has 1 aromatic carbocycles. The first kappa shape index (κ1) is 13.8. The summed E-state index contributed by atoms with van der Waals surface area (Å²) < 4.78 is 7.21. The molecule has 1 heterocycles. The van der Waals surface area contributed by atoms with Gasteiger partial charge in [0.1, 0.15) is 11.4 Å². The van der Waals surface area contributed by atoms with Crippen LogP contribution in [0.25, 0.3) is 0 Å². The average Bonchev–Trinajstić information content (AvgIpc) is 3.22. The maximum Gasteiger partial charge on any atom is 0.212 e. The fraction of sp³-hybridized carbons (Fsp3) is 0.200. The molecule has 0 aliphatic heterocycles. The smallest absolute Gasteiger partial charge is 0.212 e. The lowest BCUT2D eigenvalue weighted by Gasteiger charge is -2.07. The molecule has 0 radical (unpaired) electrons. The maximum atomic E-state index is 12.5. The zero-order valence-corrected chi connectivity index (χ0v) is 13.6. The van der Waals surface area contributed by atoms with Crippen LogP contribution in [0.4, 0.5) is 0 Å². The third-order valence-corrected chi connectivity index (χ3v) is 3.98. The molecule has 3 rings (SSSR count). The third-order valence-electron chi connectivity index (χ3n) is 2.95. The molecule has 0 amide bonds. The Morgan fingerprint density at radius 2 is 2.05 bits per heavy atom. The van der Waals surface area contributed by atoms with Gasteiger partial charge in [0, 0.05) is 20.7 Å². The molecule has 5 heteroatoms. The van der Waals surface area contributed by atoms with Crippen molar-refractivity contribution in [1.82, 2.24) is 4.98 Å². The fourth-order valence-electron chi connectivity index (χ4n) is 1.81. The van der Waals surface area contributed by atoms with Gasteiger partial charge in [-0.25, -0.2) is 0 Å². The summed E-state index contributed by atoms with van der Waals surface area (Å²) in [6.45, 7) is 0. The third kappa shape index (κ3) is 3.10. The summed E-state index contributed by atoms with van der Waals surface area (Å²) in [4.78, 5) is 16.6. The minimum Gasteiger partial charge on any atom is -0.490 e. The zero-order chi connectivity index (χ0) is 14.1. The molecule has 0 unspecified atom stereocenters. The lowest BCUT2D eigenvalue weighted by atomic mass is 10.1. The number of pyridine rings is 1. The Hall–Kier alpha value is -1.20. The van der Waals surface area contributed by atoms with Gasteiger partial charge in [-0.05, 0) is 62.9 Å². The van der Waals surface area contributed by atoms with E-state index < -0.39 is 0 Å². The number of nitrogens with zero attached hydrogens (tertiary/aromatic N) is 1. The van der Waals surface area contributed by atoms with E-state index in [1.54, 1.807) is 18.3 Å². The van der Waals surface area contributed by atoms with Crippen molar-refractivity contribution in [2.45, 2.75) is 18.9 Å². The normalized spacial score (nSPS) is 14.1. The van der Waals surface area contributed by atoms with Crippen LogP contribution in [0.5, 0.6) is 5.75 Å². The van der Waals surface area contributed by atoms with E-state index in [0.29, 0.717) is 21.8 Å². The molecule has 0 bridgehead atoms. The van der Waals surface area contributed by atoms with E-state index in [4.69, 9.17) is 4.74 Å². The number of hydrogen-bond donors (Lipinski definition) is 0. The number of aromatic nitrogens is 1. The molecule has 1 aliphatic rings. The zero-order valence-electron chi connectivity index (χ0n) is 10.5. The Morgan fingerprint density at radius 1 is 1.25 bits per heavy atom. The number of rotatable bonds is 4. The van der Waals surface area contributed by atoms with Gasteiger partial charge < -0.3 is 4.74 Å². The van der Waals surface area contributed by atoms with Crippen LogP contribution in [-0.2, 0) is 0 Å². The van der Waals surface area contributed by atoms with Gasteiger partial charge in [-0.1, -0.05) is 12.1 Å². The van der Waals surface area contributed by atoms with E-state index in [1.165, 1.54) is 0 Å². The van der Waals surface area contributed by atoms with Gasteiger partial charge in [-0.15, -0.1) is 0 Å². The van der Waals surface area contributed by atoms with Crippen LogP contribution in [0, 0.1) is 0 Å². The van der Waals surface area contributed by atoms with E-state index in [1.807, 2.05) is 18.2 Å². The summed E-state index contributed by atoms with van der Waals surface area (Å²) in [5.41, 5.74) is 0.982. The monoisotopic (exact) mass is 395 g/mol.